The summed E-state index contributed by atoms with van der Waals surface area (Å²) < 4.78 is 20.1. The molecule has 0 aromatic carbocycles. The Morgan fingerprint density at radius 3 is 1.67 bits per heavy atom. The van der Waals surface area contributed by atoms with Gasteiger partial charge in [0.1, 0.15) is 13.2 Å². The van der Waals surface area contributed by atoms with E-state index in [1.54, 1.807) is 14.2 Å². The van der Waals surface area contributed by atoms with Gasteiger partial charge in [-0.3, -0.25) is 9.59 Å². The normalized spacial score (nSPS) is 29.6. The molecule has 2 bridgehead atoms. The molecule has 0 N–H and O–H groups in total. The lowest BCUT2D eigenvalue weighted by Gasteiger charge is -2.24. The molecular formula is C15H22O6. The Morgan fingerprint density at radius 2 is 1.29 bits per heavy atom. The average molecular weight is 298 g/mol. The summed E-state index contributed by atoms with van der Waals surface area (Å²) in [6, 6.07) is 0. The van der Waals surface area contributed by atoms with Crippen molar-refractivity contribution >= 4 is 11.9 Å². The molecule has 4 unspecified atom stereocenters. The zero-order chi connectivity index (χ0) is 15.2. The Hall–Kier alpha value is -1.40. The van der Waals surface area contributed by atoms with Crippen LogP contribution in [0.5, 0.6) is 0 Å². The highest BCUT2D eigenvalue weighted by Crippen LogP contribution is 2.48. The quantitative estimate of drug-likeness (QED) is 0.375. The number of rotatable bonds is 8. The maximum Gasteiger partial charge on any atom is 0.310 e. The number of hydrogen-bond donors (Lipinski definition) is 0. The fourth-order valence-electron chi connectivity index (χ4n) is 3.11. The number of hydrogen-bond acceptors (Lipinski definition) is 6. The highest BCUT2D eigenvalue weighted by molar-refractivity contribution is 5.84. The van der Waals surface area contributed by atoms with Crippen molar-refractivity contribution in [1.82, 2.24) is 0 Å². The van der Waals surface area contributed by atoms with Gasteiger partial charge in [0.2, 0.25) is 0 Å². The Morgan fingerprint density at radius 1 is 0.857 bits per heavy atom. The topological polar surface area (TPSA) is 71.1 Å². The van der Waals surface area contributed by atoms with E-state index in [1.807, 2.05) is 12.2 Å². The summed E-state index contributed by atoms with van der Waals surface area (Å²) in [5, 5.41) is 0. The molecule has 118 valence electrons. The Kier molecular flexibility index (Phi) is 5.76. The third kappa shape index (κ3) is 3.63. The van der Waals surface area contributed by atoms with Crippen molar-refractivity contribution < 1.29 is 28.5 Å². The van der Waals surface area contributed by atoms with Crippen LogP contribution in [0.2, 0.25) is 0 Å². The number of ether oxygens (including phenoxy) is 4. The summed E-state index contributed by atoms with van der Waals surface area (Å²) in [6.07, 6.45) is 4.83. The molecule has 2 rings (SSSR count). The van der Waals surface area contributed by atoms with Crippen molar-refractivity contribution in [2.24, 2.45) is 23.7 Å². The van der Waals surface area contributed by atoms with Crippen molar-refractivity contribution in [2.45, 2.75) is 6.42 Å². The molecule has 6 nitrogen and oxygen atoms in total. The Labute approximate surface area is 124 Å². The molecule has 0 radical (unpaired) electrons. The Bertz CT molecular complexity index is 369. The lowest BCUT2D eigenvalue weighted by molar-refractivity contribution is -0.162. The molecule has 2 aliphatic carbocycles. The standard InChI is InChI=1S/C15H22O6/c1-18-5-7-20-14(16)12-10-3-4-11(9-10)13(12)15(17)21-8-6-19-2/h3-4,10-13H,5-9H2,1-2H3. The molecular weight excluding hydrogens is 276 g/mol. The third-order valence-electron chi connectivity index (χ3n) is 4.07. The lowest BCUT2D eigenvalue weighted by atomic mass is 9.83. The molecule has 21 heavy (non-hydrogen) atoms. The van der Waals surface area contributed by atoms with Gasteiger partial charge in [-0.05, 0) is 18.3 Å². The van der Waals surface area contributed by atoms with Crippen LogP contribution in [0.4, 0.5) is 0 Å². The van der Waals surface area contributed by atoms with Gasteiger partial charge >= 0.3 is 11.9 Å². The van der Waals surface area contributed by atoms with Crippen molar-refractivity contribution in [2.75, 3.05) is 40.6 Å². The highest BCUT2D eigenvalue weighted by atomic mass is 16.6. The first kappa shape index (κ1) is 16.0. The largest absolute Gasteiger partial charge is 0.463 e. The van der Waals surface area contributed by atoms with Crippen LogP contribution in [0.3, 0.4) is 0 Å². The van der Waals surface area contributed by atoms with E-state index >= 15 is 0 Å². The van der Waals surface area contributed by atoms with Crippen LogP contribution in [-0.2, 0) is 28.5 Å². The van der Waals surface area contributed by atoms with Gasteiger partial charge in [-0.15, -0.1) is 0 Å². The highest BCUT2D eigenvalue weighted by Gasteiger charge is 2.53. The molecule has 0 heterocycles. The number of esters is 2. The van der Waals surface area contributed by atoms with Gasteiger partial charge in [0.15, 0.2) is 0 Å². The summed E-state index contributed by atoms with van der Waals surface area (Å²) >= 11 is 0. The fourth-order valence-corrected chi connectivity index (χ4v) is 3.11. The fraction of sp³-hybridized carbons (Fsp3) is 0.733. The van der Waals surface area contributed by atoms with Gasteiger partial charge in [0, 0.05) is 14.2 Å². The first-order valence-electron chi connectivity index (χ1n) is 7.18. The van der Waals surface area contributed by atoms with E-state index in [1.165, 1.54) is 0 Å². The van der Waals surface area contributed by atoms with Crippen LogP contribution < -0.4 is 0 Å². The lowest BCUT2D eigenvalue weighted by Crippen LogP contribution is -2.36. The molecule has 0 aromatic heterocycles. The minimum atomic E-state index is -0.438. The third-order valence-corrected chi connectivity index (χ3v) is 4.07. The number of allylic oxidation sites excluding steroid dienone is 2. The zero-order valence-electron chi connectivity index (χ0n) is 12.4. The number of fused-ring (bicyclic) bond motifs is 2. The van der Waals surface area contributed by atoms with Gasteiger partial charge in [-0.2, -0.15) is 0 Å². The number of carbonyl (C=O) groups excluding carboxylic acids is 2. The molecule has 0 aromatic rings. The molecule has 0 saturated heterocycles. The van der Waals surface area contributed by atoms with Crippen LogP contribution >= 0.6 is 0 Å². The van der Waals surface area contributed by atoms with Crippen molar-refractivity contribution in [3.8, 4) is 0 Å². The second-order valence-corrected chi connectivity index (χ2v) is 5.32. The smallest absolute Gasteiger partial charge is 0.310 e. The van der Waals surface area contributed by atoms with Gasteiger partial charge < -0.3 is 18.9 Å². The Balaban J connectivity index is 1.95. The molecule has 1 saturated carbocycles. The van der Waals surface area contributed by atoms with Crippen molar-refractivity contribution in [3.05, 3.63) is 12.2 Å². The zero-order valence-corrected chi connectivity index (χ0v) is 12.4. The van der Waals surface area contributed by atoms with Crippen molar-refractivity contribution in [3.63, 3.8) is 0 Å². The average Bonchev–Trinajstić information content (AvgIpc) is 3.08. The molecule has 6 heteroatoms. The van der Waals surface area contributed by atoms with Gasteiger partial charge in [-0.25, -0.2) is 0 Å². The van der Waals surface area contributed by atoms with Crippen LogP contribution in [0.15, 0.2) is 12.2 Å². The maximum absolute atomic E-state index is 12.2. The monoisotopic (exact) mass is 298 g/mol. The van der Waals surface area contributed by atoms with E-state index in [2.05, 4.69) is 0 Å². The molecule has 2 aliphatic rings. The number of carbonyl (C=O) groups is 2. The maximum atomic E-state index is 12.2. The van der Waals surface area contributed by atoms with Gasteiger partial charge in [-0.1, -0.05) is 12.2 Å². The summed E-state index contributed by atoms with van der Waals surface area (Å²) in [5.41, 5.74) is 0. The molecule has 0 spiro atoms. The minimum Gasteiger partial charge on any atom is -0.463 e. The van der Waals surface area contributed by atoms with E-state index in [4.69, 9.17) is 18.9 Å². The summed E-state index contributed by atoms with van der Waals surface area (Å²) in [5.74, 6) is -1.40. The minimum absolute atomic E-state index is 0.0741. The van der Waals surface area contributed by atoms with Crippen LogP contribution in [0, 0.1) is 23.7 Å². The number of methoxy groups -OCH3 is 2. The van der Waals surface area contributed by atoms with E-state index in [0.717, 1.165) is 6.42 Å². The summed E-state index contributed by atoms with van der Waals surface area (Å²) in [7, 11) is 3.09. The SMILES string of the molecule is COCCOC(=O)C1C2C=CC(C2)C1C(=O)OCCOC. The van der Waals surface area contributed by atoms with Gasteiger partial charge in [0.05, 0.1) is 25.0 Å². The first-order chi connectivity index (χ1) is 10.2. The van der Waals surface area contributed by atoms with E-state index in [-0.39, 0.29) is 37.0 Å². The first-order valence-corrected chi connectivity index (χ1v) is 7.18. The van der Waals surface area contributed by atoms with E-state index in [9.17, 15) is 9.59 Å². The second-order valence-electron chi connectivity index (χ2n) is 5.32. The van der Waals surface area contributed by atoms with Gasteiger partial charge in [0.25, 0.3) is 0 Å². The predicted molar refractivity (Wildman–Crippen MR) is 73.4 cm³/mol. The summed E-state index contributed by atoms with van der Waals surface area (Å²) in [6.45, 7) is 1.12. The van der Waals surface area contributed by atoms with E-state index < -0.39 is 11.8 Å². The molecule has 4 atom stereocenters. The van der Waals surface area contributed by atoms with Crippen molar-refractivity contribution in [1.29, 1.82) is 0 Å². The van der Waals surface area contributed by atoms with Crippen LogP contribution in [-0.4, -0.2) is 52.6 Å². The van der Waals surface area contributed by atoms with Crippen LogP contribution in [0.25, 0.3) is 0 Å². The molecule has 0 amide bonds. The second kappa shape index (κ2) is 7.56. The molecule has 1 fully saturated rings. The van der Waals surface area contributed by atoms with E-state index in [0.29, 0.717) is 13.2 Å². The predicted octanol–water partition coefficient (Wildman–Crippen LogP) is 0.804. The van der Waals surface area contributed by atoms with Crippen LogP contribution in [0.1, 0.15) is 6.42 Å². The summed E-state index contributed by atoms with van der Waals surface area (Å²) in [4.78, 5) is 24.4. The molecule has 0 aliphatic heterocycles.